The standard InChI is InChI=1S/C11H20N2O3/c1-4-13-6-9(5-10(13)15)11(16)12(3)8(2)7-14/h8-9,14H,4-7H2,1-3H3. The Morgan fingerprint density at radius 2 is 2.31 bits per heavy atom. The molecule has 2 unspecified atom stereocenters. The molecule has 1 saturated heterocycles. The molecule has 1 aliphatic rings. The molecule has 0 aliphatic carbocycles. The summed E-state index contributed by atoms with van der Waals surface area (Å²) in [6.07, 6.45) is 0.301. The Balaban J connectivity index is 2.60. The van der Waals surface area contributed by atoms with Crippen LogP contribution < -0.4 is 0 Å². The number of nitrogens with zero attached hydrogens (tertiary/aromatic N) is 2. The van der Waals surface area contributed by atoms with Crippen LogP contribution >= 0.6 is 0 Å². The summed E-state index contributed by atoms with van der Waals surface area (Å²) in [7, 11) is 1.67. The van der Waals surface area contributed by atoms with Gasteiger partial charge in [-0.25, -0.2) is 0 Å². The molecule has 1 rings (SSSR count). The molecular formula is C11H20N2O3. The minimum absolute atomic E-state index is 0.0471. The predicted octanol–water partition coefficient (Wildman–Crippen LogP) is -0.306. The Bertz CT molecular complexity index is 280. The maximum atomic E-state index is 12.0. The Morgan fingerprint density at radius 1 is 1.69 bits per heavy atom. The number of likely N-dealkylation sites (tertiary alicyclic amines) is 1. The van der Waals surface area contributed by atoms with Gasteiger partial charge in [-0.2, -0.15) is 0 Å². The number of aliphatic hydroxyl groups is 1. The Kier molecular flexibility index (Phi) is 4.29. The van der Waals surface area contributed by atoms with Crippen LogP contribution in [0.4, 0.5) is 0 Å². The van der Waals surface area contributed by atoms with Gasteiger partial charge in [-0.1, -0.05) is 0 Å². The van der Waals surface area contributed by atoms with Gasteiger partial charge in [-0.05, 0) is 13.8 Å². The molecule has 1 N–H and O–H groups in total. The van der Waals surface area contributed by atoms with Crippen molar-refractivity contribution in [3.63, 3.8) is 0 Å². The lowest BCUT2D eigenvalue weighted by atomic mass is 10.1. The van der Waals surface area contributed by atoms with Gasteiger partial charge in [0, 0.05) is 26.6 Å². The molecule has 0 radical (unpaired) electrons. The van der Waals surface area contributed by atoms with E-state index in [4.69, 9.17) is 5.11 Å². The van der Waals surface area contributed by atoms with Gasteiger partial charge in [0.25, 0.3) is 0 Å². The van der Waals surface area contributed by atoms with Crippen LogP contribution in [-0.4, -0.2) is 59.5 Å². The molecule has 2 atom stereocenters. The van der Waals surface area contributed by atoms with Crippen LogP contribution in [0.25, 0.3) is 0 Å². The summed E-state index contributed by atoms with van der Waals surface area (Å²) in [5, 5.41) is 8.98. The van der Waals surface area contributed by atoms with E-state index >= 15 is 0 Å². The Labute approximate surface area is 96.0 Å². The molecule has 5 nitrogen and oxygen atoms in total. The number of hydrogen-bond acceptors (Lipinski definition) is 3. The Hall–Kier alpha value is -1.10. The highest BCUT2D eigenvalue weighted by Crippen LogP contribution is 2.20. The first-order chi connectivity index (χ1) is 7.51. The monoisotopic (exact) mass is 228 g/mol. The third-order valence-electron chi connectivity index (χ3n) is 3.22. The molecule has 0 aromatic rings. The molecule has 1 fully saturated rings. The summed E-state index contributed by atoms with van der Waals surface area (Å²) >= 11 is 0. The first-order valence-corrected chi connectivity index (χ1v) is 5.66. The van der Waals surface area contributed by atoms with E-state index in [1.165, 1.54) is 4.90 Å². The molecule has 0 saturated carbocycles. The highest BCUT2D eigenvalue weighted by Gasteiger charge is 2.35. The number of likely N-dealkylation sites (N-methyl/N-ethyl adjacent to an activating group) is 1. The summed E-state index contributed by atoms with van der Waals surface area (Å²) in [6.45, 7) is 4.80. The van der Waals surface area contributed by atoms with Crippen molar-refractivity contribution in [2.75, 3.05) is 26.7 Å². The van der Waals surface area contributed by atoms with Crippen molar-refractivity contribution in [3.05, 3.63) is 0 Å². The molecule has 0 aromatic heterocycles. The molecule has 5 heteroatoms. The maximum Gasteiger partial charge on any atom is 0.228 e. The highest BCUT2D eigenvalue weighted by molar-refractivity contribution is 5.89. The normalized spacial score (nSPS) is 22.4. The summed E-state index contributed by atoms with van der Waals surface area (Å²) in [5.41, 5.74) is 0. The fourth-order valence-electron chi connectivity index (χ4n) is 1.87. The average Bonchev–Trinajstić information content (AvgIpc) is 2.67. The third kappa shape index (κ3) is 2.52. The lowest BCUT2D eigenvalue weighted by Crippen LogP contribution is -2.41. The van der Waals surface area contributed by atoms with Crippen molar-refractivity contribution in [2.24, 2.45) is 5.92 Å². The molecule has 1 heterocycles. The van der Waals surface area contributed by atoms with E-state index in [0.717, 1.165) is 0 Å². The lowest BCUT2D eigenvalue weighted by Gasteiger charge is -2.25. The van der Waals surface area contributed by atoms with Gasteiger partial charge in [0.1, 0.15) is 0 Å². The summed E-state index contributed by atoms with van der Waals surface area (Å²) in [4.78, 5) is 26.7. The van der Waals surface area contributed by atoms with Crippen LogP contribution in [0.1, 0.15) is 20.3 Å². The van der Waals surface area contributed by atoms with Crippen LogP contribution in [0.15, 0.2) is 0 Å². The summed E-state index contributed by atoms with van der Waals surface area (Å²) < 4.78 is 0. The second-order valence-electron chi connectivity index (χ2n) is 4.31. The van der Waals surface area contributed by atoms with Crippen LogP contribution in [0, 0.1) is 5.92 Å². The van der Waals surface area contributed by atoms with E-state index in [2.05, 4.69) is 0 Å². The zero-order chi connectivity index (χ0) is 12.3. The van der Waals surface area contributed by atoms with Gasteiger partial charge >= 0.3 is 0 Å². The molecular weight excluding hydrogens is 208 g/mol. The number of carbonyl (C=O) groups excluding carboxylic acids is 2. The van der Waals surface area contributed by atoms with E-state index in [-0.39, 0.29) is 30.4 Å². The van der Waals surface area contributed by atoms with E-state index in [1.807, 2.05) is 6.92 Å². The zero-order valence-corrected chi connectivity index (χ0v) is 10.1. The number of rotatable bonds is 4. The van der Waals surface area contributed by atoms with Crippen molar-refractivity contribution in [3.8, 4) is 0 Å². The van der Waals surface area contributed by atoms with Crippen LogP contribution in [0.3, 0.4) is 0 Å². The molecule has 92 valence electrons. The molecule has 2 amide bonds. The zero-order valence-electron chi connectivity index (χ0n) is 10.1. The summed E-state index contributed by atoms with van der Waals surface area (Å²) in [6, 6.07) is -0.196. The van der Waals surface area contributed by atoms with Crippen molar-refractivity contribution in [2.45, 2.75) is 26.3 Å². The number of hydrogen-bond donors (Lipinski definition) is 1. The minimum atomic E-state index is -0.244. The van der Waals surface area contributed by atoms with Gasteiger partial charge in [0.15, 0.2) is 0 Å². The first-order valence-electron chi connectivity index (χ1n) is 5.66. The molecule has 0 spiro atoms. The van der Waals surface area contributed by atoms with Crippen molar-refractivity contribution in [1.82, 2.24) is 9.80 Å². The smallest absolute Gasteiger partial charge is 0.228 e. The molecule has 0 aromatic carbocycles. The van der Waals surface area contributed by atoms with E-state index in [1.54, 1.807) is 18.9 Å². The predicted molar refractivity (Wildman–Crippen MR) is 59.7 cm³/mol. The molecule has 1 aliphatic heterocycles. The SMILES string of the molecule is CCN1CC(C(=O)N(C)C(C)CO)CC1=O. The van der Waals surface area contributed by atoms with Crippen molar-refractivity contribution in [1.29, 1.82) is 0 Å². The van der Waals surface area contributed by atoms with Gasteiger partial charge in [-0.15, -0.1) is 0 Å². The summed E-state index contributed by atoms with van der Waals surface area (Å²) in [5.74, 6) is -0.247. The van der Waals surface area contributed by atoms with E-state index in [0.29, 0.717) is 19.5 Å². The third-order valence-corrected chi connectivity index (χ3v) is 3.22. The number of aliphatic hydroxyl groups excluding tert-OH is 1. The van der Waals surface area contributed by atoms with Crippen LogP contribution in [0.5, 0.6) is 0 Å². The average molecular weight is 228 g/mol. The highest BCUT2D eigenvalue weighted by atomic mass is 16.3. The second-order valence-corrected chi connectivity index (χ2v) is 4.31. The second kappa shape index (κ2) is 5.30. The van der Waals surface area contributed by atoms with Crippen LogP contribution in [-0.2, 0) is 9.59 Å². The van der Waals surface area contributed by atoms with Gasteiger partial charge in [-0.3, -0.25) is 9.59 Å². The molecule has 0 bridgehead atoms. The number of carbonyl (C=O) groups is 2. The van der Waals surface area contributed by atoms with Gasteiger partial charge < -0.3 is 14.9 Å². The van der Waals surface area contributed by atoms with Crippen molar-refractivity contribution >= 4 is 11.8 Å². The fourth-order valence-corrected chi connectivity index (χ4v) is 1.87. The van der Waals surface area contributed by atoms with E-state index in [9.17, 15) is 9.59 Å². The maximum absolute atomic E-state index is 12.0. The lowest BCUT2D eigenvalue weighted by molar-refractivity contribution is -0.137. The fraction of sp³-hybridized carbons (Fsp3) is 0.818. The van der Waals surface area contributed by atoms with Gasteiger partial charge in [0.2, 0.25) is 11.8 Å². The first kappa shape index (κ1) is 13.0. The van der Waals surface area contributed by atoms with Crippen molar-refractivity contribution < 1.29 is 14.7 Å². The van der Waals surface area contributed by atoms with Crippen LogP contribution in [0.2, 0.25) is 0 Å². The largest absolute Gasteiger partial charge is 0.394 e. The minimum Gasteiger partial charge on any atom is -0.394 e. The Morgan fingerprint density at radius 3 is 2.75 bits per heavy atom. The number of amides is 2. The van der Waals surface area contributed by atoms with E-state index < -0.39 is 0 Å². The molecule has 16 heavy (non-hydrogen) atoms. The van der Waals surface area contributed by atoms with Gasteiger partial charge in [0.05, 0.1) is 18.6 Å². The quantitative estimate of drug-likeness (QED) is 0.718. The topological polar surface area (TPSA) is 60.9 Å².